The molecule has 0 spiro atoms. The quantitative estimate of drug-likeness (QED) is 0.325. The molecule has 0 aliphatic carbocycles. The van der Waals surface area contributed by atoms with Gasteiger partial charge >= 0.3 is 0 Å². The van der Waals surface area contributed by atoms with E-state index in [0.29, 0.717) is 0 Å². The van der Waals surface area contributed by atoms with Crippen molar-refractivity contribution in [1.29, 1.82) is 0 Å². The zero-order chi connectivity index (χ0) is 7.23. The number of hydrazine groups is 1. The van der Waals surface area contributed by atoms with Crippen LogP contribution < -0.4 is 11.3 Å². The van der Waals surface area contributed by atoms with E-state index in [9.17, 15) is 0 Å². The first-order chi connectivity index (χ1) is 4.93. The summed E-state index contributed by atoms with van der Waals surface area (Å²) in [4.78, 5) is 3.80. The summed E-state index contributed by atoms with van der Waals surface area (Å²) in [6.07, 6.45) is 4.19. The van der Waals surface area contributed by atoms with Crippen LogP contribution in [-0.2, 0) is 6.54 Å². The van der Waals surface area contributed by atoms with Gasteiger partial charge in [0, 0.05) is 13.1 Å². The Morgan fingerprint density at radius 2 is 2.50 bits per heavy atom. The van der Waals surface area contributed by atoms with Crippen LogP contribution in [-0.4, -0.2) is 21.3 Å². The fourth-order valence-corrected chi connectivity index (χ4v) is 0.691. The lowest BCUT2D eigenvalue weighted by atomic mass is 10.4. The van der Waals surface area contributed by atoms with Gasteiger partial charge in [-0.05, 0) is 6.42 Å². The van der Waals surface area contributed by atoms with Crippen LogP contribution in [0.25, 0.3) is 0 Å². The maximum atomic E-state index is 5.07. The molecule has 1 aromatic heterocycles. The third-order valence-electron chi connectivity index (χ3n) is 1.17. The zero-order valence-corrected chi connectivity index (χ0v) is 5.70. The Labute approximate surface area is 59.2 Å². The van der Waals surface area contributed by atoms with Gasteiger partial charge in [-0.2, -0.15) is 5.10 Å². The smallest absolute Gasteiger partial charge is 0.137 e. The van der Waals surface area contributed by atoms with Gasteiger partial charge in [-0.3, -0.25) is 16.0 Å². The van der Waals surface area contributed by atoms with Crippen molar-refractivity contribution in [2.45, 2.75) is 13.0 Å². The van der Waals surface area contributed by atoms with Gasteiger partial charge < -0.3 is 0 Å². The van der Waals surface area contributed by atoms with Crippen molar-refractivity contribution in [3.05, 3.63) is 12.7 Å². The van der Waals surface area contributed by atoms with E-state index in [-0.39, 0.29) is 0 Å². The molecule has 0 fully saturated rings. The van der Waals surface area contributed by atoms with Crippen molar-refractivity contribution in [2.75, 3.05) is 6.54 Å². The molecule has 5 heteroatoms. The van der Waals surface area contributed by atoms with E-state index in [1.807, 2.05) is 0 Å². The van der Waals surface area contributed by atoms with E-state index in [2.05, 4.69) is 15.5 Å². The SMILES string of the molecule is NNCCCn1cncn1. The maximum absolute atomic E-state index is 5.07. The summed E-state index contributed by atoms with van der Waals surface area (Å²) < 4.78 is 1.78. The molecule has 1 heterocycles. The Morgan fingerprint density at radius 1 is 1.60 bits per heavy atom. The predicted molar refractivity (Wildman–Crippen MR) is 36.8 cm³/mol. The second kappa shape index (κ2) is 3.97. The molecule has 1 aromatic rings. The van der Waals surface area contributed by atoms with E-state index in [1.54, 1.807) is 11.0 Å². The van der Waals surface area contributed by atoms with Crippen molar-refractivity contribution >= 4 is 0 Å². The lowest BCUT2D eigenvalue weighted by Gasteiger charge is -1.97. The monoisotopic (exact) mass is 141 g/mol. The molecule has 0 aliphatic rings. The summed E-state index contributed by atoms with van der Waals surface area (Å²) >= 11 is 0. The number of nitrogens with zero attached hydrogens (tertiary/aromatic N) is 3. The van der Waals surface area contributed by atoms with Gasteiger partial charge in [0.25, 0.3) is 0 Å². The fourth-order valence-electron chi connectivity index (χ4n) is 0.691. The van der Waals surface area contributed by atoms with Crippen LogP contribution >= 0.6 is 0 Å². The van der Waals surface area contributed by atoms with Crippen LogP contribution in [0.5, 0.6) is 0 Å². The van der Waals surface area contributed by atoms with Gasteiger partial charge in [0.1, 0.15) is 12.7 Å². The first kappa shape index (κ1) is 7.17. The average Bonchev–Trinajstić information content (AvgIpc) is 2.41. The summed E-state index contributed by atoms with van der Waals surface area (Å²) in [7, 11) is 0. The molecular formula is C5H11N5. The normalized spacial score (nSPS) is 10.1. The third kappa shape index (κ3) is 2.12. The van der Waals surface area contributed by atoms with Crippen LogP contribution in [0.4, 0.5) is 0 Å². The van der Waals surface area contributed by atoms with E-state index in [1.165, 1.54) is 6.33 Å². The minimum Gasteiger partial charge on any atom is -0.271 e. The Hall–Kier alpha value is -0.940. The van der Waals surface area contributed by atoms with Crippen LogP contribution in [0.3, 0.4) is 0 Å². The van der Waals surface area contributed by atoms with Crippen molar-refractivity contribution in [3.8, 4) is 0 Å². The topological polar surface area (TPSA) is 68.8 Å². The highest BCUT2D eigenvalue weighted by Crippen LogP contribution is 1.83. The van der Waals surface area contributed by atoms with Gasteiger partial charge in [0.05, 0.1) is 0 Å². The van der Waals surface area contributed by atoms with Crippen molar-refractivity contribution in [3.63, 3.8) is 0 Å². The first-order valence-electron chi connectivity index (χ1n) is 3.19. The van der Waals surface area contributed by atoms with Crippen LogP contribution in [0.15, 0.2) is 12.7 Å². The molecule has 0 radical (unpaired) electrons. The molecular weight excluding hydrogens is 130 g/mol. The molecule has 0 saturated carbocycles. The molecule has 3 N–H and O–H groups in total. The first-order valence-corrected chi connectivity index (χ1v) is 3.19. The van der Waals surface area contributed by atoms with Crippen LogP contribution in [0.1, 0.15) is 6.42 Å². The van der Waals surface area contributed by atoms with Crippen LogP contribution in [0.2, 0.25) is 0 Å². The number of hydrogen-bond acceptors (Lipinski definition) is 4. The Morgan fingerprint density at radius 3 is 3.10 bits per heavy atom. The molecule has 0 atom stereocenters. The minimum absolute atomic E-state index is 0.805. The molecule has 10 heavy (non-hydrogen) atoms. The van der Waals surface area contributed by atoms with Crippen molar-refractivity contribution in [1.82, 2.24) is 20.2 Å². The largest absolute Gasteiger partial charge is 0.271 e. The predicted octanol–water partition coefficient (Wildman–Crippen LogP) is -0.869. The van der Waals surface area contributed by atoms with Crippen molar-refractivity contribution in [2.24, 2.45) is 5.84 Å². The molecule has 0 bridgehead atoms. The number of aryl methyl sites for hydroxylation is 1. The minimum atomic E-state index is 0.805. The zero-order valence-electron chi connectivity index (χ0n) is 5.70. The summed E-state index contributed by atoms with van der Waals surface area (Å²) in [5, 5.41) is 3.93. The summed E-state index contributed by atoms with van der Waals surface area (Å²) in [5.74, 6) is 5.07. The molecule has 1 rings (SSSR count). The molecule has 0 unspecified atom stereocenters. The Kier molecular flexibility index (Phi) is 2.85. The Balaban J connectivity index is 2.15. The molecule has 5 nitrogen and oxygen atoms in total. The van der Waals surface area contributed by atoms with E-state index in [0.717, 1.165) is 19.5 Å². The second-order valence-electron chi connectivity index (χ2n) is 1.97. The van der Waals surface area contributed by atoms with Gasteiger partial charge in [-0.1, -0.05) is 0 Å². The highest BCUT2D eigenvalue weighted by atomic mass is 15.3. The summed E-state index contributed by atoms with van der Waals surface area (Å²) in [6, 6.07) is 0. The molecule has 0 saturated heterocycles. The number of nitrogens with two attached hydrogens (primary N) is 1. The third-order valence-corrected chi connectivity index (χ3v) is 1.17. The van der Waals surface area contributed by atoms with Gasteiger partial charge in [0.2, 0.25) is 0 Å². The summed E-state index contributed by atoms with van der Waals surface area (Å²) in [6.45, 7) is 1.67. The number of rotatable bonds is 4. The highest BCUT2D eigenvalue weighted by molar-refractivity contribution is 4.55. The van der Waals surface area contributed by atoms with Gasteiger partial charge in [0.15, 0.2) is 0 Å². The van der Waals surface area contributed by atoms with Crippen LogP contribution in [0, 0.1) is 0 Å². The van der Waals surface area contributed by atoms with Gasteiger partial charge in [-0.25, -0.2) is 4.98 Å². The Bertz CT molecular complexity index is 159. The maximum Gasteiger partial charge on any atom is 0.137 e. The molecule has 0 aliphatic heterocycles. The van der Waals surface area contributed by atoms with Crippen molar-refractivity contribution < 1.29 is 0 Å². The number of hydrogen-bond donors (Lipinski definition) is 2. The molecule has 56 valence electrons. The molecule has 0 aromatic carbocycles. The standard InChI is InChI=1S/C5H11N5/c6-8-2-1-3-10-5-7-4-9-10/h4-5,8H,1-3,6H2. The second-order valence-corrected chi connectivity index (χ2v) is 1.97. The number of nitrogens with one attached hydrogen (secondary N) is 1. The average molecular weight is 141 g/mol. The molecule has 0 amide bonds. The summed E-state index contributed by atoms with van der Waals surface area (Å²) in [5.41, 5.74) is 2.57. The van der Waals surface area contributed by atoms with E-state index >= 15 is 0 Å². The highest BCUT2D eigenvalue weighted by Gasteiger charge is 1.88. The van der Waals surface area contributed by atoms with E-state index < -0.39 is 0 Å². The lowest BCUT2D eigenvalue weighted by molar-refractivity contribution is 0.550. The fraction of sp³-hybridized carbons (Fsp3) is 0.600. The van der Waals surface area contributed by atoms with E-state index in [4.69, 9.17) is 5.84 Å². The lowest BCUT2D eigenvalue weighted by Crippen LogP contribution is -2.23. The number of aromatic nitrogens is 3. The van der Waals surface area contributed by atoms with Gasteiger partial charge in [-0.15, -0.1) is 0 Å².